The van der Waals surface area contributed by atoms with E-state index < -0.39 is 5.60 Å². The second kappa shape index (κ2) is 5.50. The minimum atomic E-state index is -0.424. The van der Waals surface area contributed by atoms with E-state index in [0.717, 1.165) is 19.6 Å². The number of piperazine rings is 1. The molecule has 0 aromatic carbocycles. The smallest absolute Gasteiger partial charge is 0.410 e. The van der Waals surface area contributed by atoms with Crippen molar-refractivity contribution in [2.24, 2.45) is 0 Å². The maximum atomic E-state index is 11.9. The summed E-state index contributed by atoms with van der Waals surface area (Å²) in [5.41, 5.74) is -0.424. The van der Waals surface area contributed by atoms with Crippen molar-refractivity contribution in [3.63, 3.8) is 0 Å². The normalized spacial score (nSPS) is 22.0. The number of rotatable bonds is 2. The molecular weight excluding hydrogens is 206 g/mol. The Bertz CT molecular complexity index is 236. The maximum Gasteiger partial charge on any atom is 0.410 e. The van der Waals surface area contributed by atoms with Gasteiger partial charge in [-0.25, -0.2) is 4.79 Å². The van der Waals surface area contributed by atoms with Gasteiger partial charge in [0.15, 0.2) is 0 Å². The molecule has 0 aromatic heterocycles. The van der Waals surface area contributed by atoms with Gasteiger partial charge in [-0.15, -0.1) is 0 Å². The summed E-state index contributed by atoms with van der Waals surface area (Å²) >= 11 is 0. The molecule has 1 unspecified atom stereocenters. The van der Waals surface area contributed by atoms with Crippen LogP contribution in [0.15, 0.2) is 0 Å². The number of likely N-dealkylation sites (N-methyl/N-ethyl adjacent to an activating group) is 1. The van der Waals surface area contributed by atoms with E-state index in [4.69, 9.17) is 4.74 Å². The minimum Gasteiger partial charge on any atom is -0.444 e. The molecule has 5 heteroatoms. The molecule has 1 rings (SSSR count). The number of amides is 1. The van der Waals surface area contributed by atoms with Gasteiger partial charge in [-0.05, 0) is 27.8 Å². The molecule has 1 heterocycles. The van der Waals surface area contributed by atoms with Gasteiger partial charge in [0.05, 0.1) is 6.04 Å². The van der Waals surface area contributed by atoms with Gasteiger partial charge in [0.2, 0.25) is 0 Å². The number of nitrogens with one attached hydrogen (secondary N) is 2. The Balaban J connectivity index is 2.57. The molecular formula is C11H23N3O2. The van der Waals surface area contributed by atoms with Gasteiger partial charge in [0, 0.05) is 26.2 Å². The number of ether oxygens (including phenoxy) is 1. The summed E-state index contributed by atoms with van der Waals surface area (Å²) in [6.45, 7) is 8.81. The molecule has 2 N–H and O–H groups in total. The maximum absolute atomic E-state index is 11.9. The lowest BCUT2D eigenvalue weighted by Gasteiger charge is -2.37. The van der Waals surface area contributed by atoms with Crippen LogP contribution in [0.3, 0.4) is 0 Å². The van der Waals surface area contributed by atoms with Crippen molar-refractivity contribution in [3.05, 3.63) is 0 Å². The molecule has 0 bridgehead atoms. The van der Waals surface area contributed by atoms with Crippen LogP contribution in [0.4, 0.5) is 4.79 Å². The standard InChI is InChI=1S/C11H23N3O2/c1-11(2,3)16-10(15)14-6-5-13-8-9(14)7-12-4/h9,12-13H,5-8H2,1-4H3. The highest BCUT2D eigenvalue weighted by atomic mass is 16.6. The second-order valence-corrected chi connectivity index (χ2v) is 5.09. The molecule has 16 heavy (non-hydrogen) atoms. The van der Waals surface area contributed by atoms with Crippen LogP contribution in [0.1, 0.15) is 20.8 Å². The van der Waals surface area contributed by atoms with Crippen molar-refractivity contribution >= 4 is 6.09 Å². The largest absolute Gasteiger partial charge is 0.444 e. The first-order valence-electron chi connectivity index (χ1n) is 5.79. The number of hydrogen-bond acceptors (Lipinski definition) is 4. The molecule has 94 valence electrons. The fraction of sp³-hybridized carbons (Fsp3) is 0.909. The van der Waals surface area contributed by atoms with Crippen LogP contribution in [-0.2, 0) is 4.74 Å². The summed E-state index contributed by atoms with van der Waals surface area (Å²) in [5, 5.41) is 6.37. The lowest BCUT2D eigenvalue weighted by atomic mass is 10.2. The first kappa shape index (κ1) is 13.3. The van der Waals surface area contributed by atoms with Gasteiger partial charge >= 0.3 is 6.09 Å². The van der Waals surface area contributed by atoms with E-state index in [1.807, 2.05) is 27.8 Å². The third kappa shape index (κ3) is 3.98. The Morgan fingerprint density at radius 3 is 2.81 bits per heavy atom. The summed E-state index contributed by atoms with van der Waals surface area (Å²) in [6.07, 6.45) is -0.214. The first-order chi connectivity index (χ1) is 7.44. The van der Waals surface area contributed by atoms with E-state index in [-0.39, 0.29) is 12.1 Å². The van der Waals surface area contributed by atoms with Crippen LogP contribution in [0.25, 0.3) is 0 Å². The highest BCUT2D eigenvalue weighted by molar-refractivity contribution is 5.68. The van der Waals surface area contributed by atoms with Crippen molar-refractivity contribution in [1.29, 1.82) is 0 Å². The predicted octanol–water partition coefficient (Wildman–Crippen LogP) is 0.415. The fourth-order valence-corrected chi connectivity index (χ4v) is 1.74. The Labute approximate surface area is 97.5 Å². The third-order valence-electron chi connectivity index (χ3n) is 2.42. The van der Waals surface area contributed by atoms with Gasteiger partial charge in [0.25, 0.3) is 0 Å². The van der Waals surface area contributed by atoms with Gasteiger partial charge in [0.1, 0.15) is 5.60 Å². The minimum absolute atomic E-state index is 0.175. The summed E-state index contributed by atoms with van der Waals surface area (Å²) in [5.74, 6) is 0. The number of nitrogens with zero attached hydrogens (tertiary/aromatic N) is 1. The Kier molecular flexibility index (Phi) is 4.56. The van der Waals surface area contributed by atoms with E-state index in [0.29, 0.717) is 6.54 Å². The zero-order valence-corrected chi connectivity index (χ0v) is 10.7. The monoisotopic (exact) mass is 229 g/mol. The molecule has 5 nitrogen and oxygen atoms in total. The molecule has 1 aliphatic rings. The van der Waals surface area contributed by atoms with Gasteiger partial charge in [-0.1, -0.05) is 0 Å². The SMILES string of the molecule is CNCC1CNCCN1C(=O)OC(C)(C)C. The van der Waals surface area contributed by atoms with E-state index in [1.165, 1.54) is 0 Å². The lowest BCUT2D eigenvalue weighted by Crippen LogP contribution is -2.57. The highest BCUT2D eigenvalue weighted by Crippen LogP contribution is 2.12. The van der Waals surface area contributed by atoms with Crippen molar-refractivity contribution in [2.45, 2.75) is 32.4 Å². The van der Waals surface area contributed by atoms with Crippen LogP contribution < -0.4 is 10.6 Å². The molecule has 0 spiro atoms. The Morgan fingerprint density at radius 2 is 2.25 bits per heavy atom. The van der Waals surface area contributed by atoms with E-state index in [9.17, 15) is 4.79 Å². The fourth-order valence-electron chi connectivity index (χ4n) is 1.74. The summed E-state index contributed by atoms with van der Waals surface area (Å²) < 4.78 is 5.39. The average Bonchev–Trinajstić information content (AvgIpc) is 2.16. The zero-order chi connectivity index (χ0) is 12.2. The molecule has 1 atom stereocenters. The summed E-state index contributed by atoms with van der Waals surface area (Å²) in [7, 11) is 1.89. The van der Waals surface area contributed by atoms with Crippen molar-refractivity contribution in [2.75, 3.05) is 33.2 Å². The van der Waals surface area contributed by atoms with Gasteiger partial charge in [-0.3, -0.25) is 0 Å². The van der Waals surface area contributed by atoms with Crippen LogP contribution in [0.2, 0.25) is 0 Å². The summed E-state index contributed by atoms with van der Waals surface area (Å²) in [4.78, 5) is 13.8. The molecule has 1 amide bonds. The first-order valence-corrected chi connectivity index (χ1v) is 5.79. The molecule has 0 aromatic rings. The Morgan fingerprint density at radius 1 is 1.56 bits per heavy atom. The molecule has 0 saturated carbocycles. The van der Waals surface area contributed by atoms with Crippen LogP contribution in [0, 0.1) is 0 Å². The van der Waals surface area contributed by atoms with Crippen LogP contribution in [0.5, 0.6) is 0 Å². The van der Waals surface area contributed by atoms with Crippen molar-refractivity contribution in [3.8, 4) is 0 Å². The molecule has 1 saturated heterocycles. The molecule has 1 fully saturated rings. The van der Waals surface area contributed by atoms with E-state index >= 15 is 0 Å². The van der Waals surface area contributed by atoms with Crippen LogP contribution >= 0.6 is 0 Å². The number of carbonyl (C=O) groups excluding carboxylic acids is 1. The zero-order valence-electron chi connectivity index (χ0n) is 10.7. The highest BCUT2D eigenvalue weighted by Gasteiger charge is 2.29. The van der Waals surface area contributed by atoms with E-state index in [1.54, 1.807) is 4.90 Å². The number of carbonyl (C=O) groups is 1. The topological polar surface area (TPSA) is 53.6 Å². The van der Waals surface area contributed by atoms with Crippen LogP contribution in [-0.4, -0.2) is 55.9 Å². The van der Waals surface area contributed by atoms with Gasteiger partial charge in [-0.2, -0.15) is 0 Å². The van der Waals surface area contributed by atoms with Crippen molar-refractivity contribution < 1.29 is 9.53 Å². The second-order valence-electron chi connectivity index (χ2n) is 5.09. The average molecular weight is 229 g/mol. The quantitative estimate of drug-likeness (QED) is 0.720. The third-order valence-corrected chi connectivity index (χ3v) is 2.42. The van der Waals surface area contributed by atoms with E-state index in [2.05, 4.69) is 10.6 Å². The van der Waals surface area contributed by atoms with Crippen molar-refractivity contribution in [1.82, 2.24) is 15.5 Å². The molecule has 0 aliphatic carbocycles. The summed E-state index contributed by atoms with van der Waals surface area (Å²) in [6, 6.07) is 0.175. The van der Waals surface area contributed by atoms with Gasteiger partial charge < -0.3 is 20.3 Å². The number of hydrogen-bond donors (Lipinski definition) is 2. The molecule has 0 radical (unpaired) electrons. The predicted molar refractivity (Wildman–Crippen MR) is 63.5 cm³/mol. The lowest BCUT2D eigenvalue weighted by molar-refractivity contribution is 0.0124. The molecule has 1 aliphatic heterocycles. The Hall–Kier alpha value is -0.810.